The highest BCUT2D eigenvalue weighted by Crippen LogP contribution is 2.27. The highest BCUT2D eigenvalue weighted by Gasteiger charge is 2.32. The highest BCUT2D eigenvalue weighted by molar-refractivity contribution is 5.75. The van der Waals surface area contributed by atoms with Gasteiger partial charge < -0.3 is 10.2 Å². The van der Waals surface area contributed by atoms with Crippen LogP contribution >= 0.6 is 0 Å². The van der Waals surface area contributed by atoms with E-state index in [0.29, 0.717) is 23.9 Å². The van der Waals surface area contributed by atoms with Crippen LogP contribution in [-0.2, 0) is 0 Å². The SMILES string of the molecule is CC1CC(C)C(C)N(C(=O)NC2CCCCC2)C1. The number of urea groups is 1. The van der Waals surface area contributed by atoms with E-state index < -0.39 is 0 Å². The van der Waals surface area contributed by atoms with Gasteiger partial charge in [-0.05, 0) is 38.0 Å². The van der Waals surface area contributed by atoms with Crippen LogP contribution in [0.5, 0.6) is 0 Å². The number of piperidine rings is 1. The summed E-state index contributed by atoms with van der Waals surface area (Å²) in [5.74, 6) is 1.25. The molecule has 104 valence electrons. The Labute approximate surface area is 111 Å². The number of likely N-dealkylation sites (tertiary alicyclic amines) is 1. The molecule has 0 bridgehead atoms. The summed E-state index contributed by atoms with van der Waals surface area (Å²) >= 11 is 0. The number of nitrogens with zero attached hydrogens (tertiary/aromatic N) is 1. The number of hydrogen-bond donors (Lipinski definition) is 1. The van der Waals surface area contributed by atoms with Crippen molar-refractivity contribution in [3.8, 4) is 0 Å². The topological polar surface area (TPSA) is 32.3 Å². The Balaban J connectivity index is 1.90. The second-order valence-electron chi connectivity index (χ2n) is 6.50. The van der Waals surface area contributed by atoms with E-state index in [1.807, 2.05) is 0 Å². The molecule has 2 rings (SSSR count). The van der Waals surface area contributed by atoms with Gasteiger partial charge in [-0.25, -0.2) is 4.79 Å². The summed E-state index contributed by atoms with van der Waals surface area (Å²) in [5, 5.41) is 3.25. The Hall–Kier alpha value is -0.730. The van der Waals surface area contributed by atoms with E-state index in [-0.39, 0.29) is 6.03 Å². The molecule has 0 aromatic heterocycles. The smallest absolute Gasteiger partial charge is 0.317 e. The second kappa shape index (κ2) is 5.94. The highest BCUT2D eigenvalue weighted by atomic mass is 16.2. The summed E-state index contributed by atoms with van der Waals surface area (Å²) in [6, 6.07) is 0.976. The van der Waals surface area contributed by atoms with Gasteiger partial charge >= 0.3 is 6.03 Å². The molecule has 2 amide bonds. The van der Waals surface area contributed by atoms with Crippen LogP contribution < -0.4 is 5.32 Å². The van der Waals surface area contributed by atoms with Crippen molar-refractivity contribution in [1.29, 1.82) is 0 Å². The van der Waals surface area contributed by atoms with Crippen LogP contribution in [0.15, 0.2) is 0 Å². The lowest BCUT2D eigenvalue weighted by molar-refractivity contribution is 0.0986. The van der Waals surface area contributed by atoms with Crippen LogP contribution in [0.1, 0.15) is 59.3 Å². The first-order chi connectivity index (χ1) is 8.58. The molecule has 0 spiro atoms. The Morgan fingerprint density at radius 3 is 2.44 bits per heavy atom. The Morgan fingerprint density at radius 1 is 1.11 bits per heavy atom. The summed E-state index contributed by atoms with van der Waals surface area (Å²) in [6.07, 6.45) is 7.45. The van der Waals surface area contributed by atoms with Gasteiger partial charge in [0, 0.05) is 18.6 Å². The maximum Gasteiger partial charge on any atom is 0.317 e. The molecule has 3 atom stereocenters. The standard InChI is InChI=1S/C15H28N2O/c1-11-9-12(2)13(3)17(10-11)15(18)16-14-7-5-4-6-8-14/h11-14H,4-10H2,1-3H3,(H,16,18). The Bertz CT molecular complexity index is 286. The Morgan fingerprint density at radius 2 is 1.78 bits per heavy atom. The van der Waals surface area contributed by atoms with Crippen LogP contribution in [0.2, 0.25) is 0 Å². The van der Waals surface area contributed by atoms with Gasteiger partial charge in [0.25, 0.3) is 0 Å². The van der Waals surface area contributed by atoms with Crippen molar-refractivity contribution in [3.63, 3.8) is 0 Å². The van der Waals surface area contributed by atoms with Gasteiger partial charge in [-0.15, -0.1) is 0 Å². The monoisotopic (exact) mass is 252 g/mol. The molecule has 1 saturated heterocycles. The molecular weight excluding hydrogens is 224 g/mol. The van der Waals surface area contributed by atoms with Gasteiger partial charge in [-0.3, -0.25) is 0 Å². The van der Waals surface area contributed by atoms with Crippen LogP contribution in [0, 0.1) is 11.8 Å². The third-order valence-corrected chi connectivity index (χ3v) is 4.79. The molecule has 2 fully saturated rings. The number of nitrogens with one attached hydrogen (secondary N) is 1. The molecular formula is C15H28N2O. The fourth-order valence-corrected chi connectivity index (χ4v) is 3.49. The zero-order chi connectivity index (χ0) is 13.1. The minimum absolute atomic E-state index is 0.174. The molecule has 3 heteroatoms. The van der Waals surface area contributed by atoms with Gasteiger partial charge in [-0.1, -0.05) is 33.1 Å². The minimum atomic E-state index is 0.174. The van der Waals surface area contributed by atoms with Crippen molar-refractivity contribution in [3.05, 3.63) is 0 Å². The lowest BCUT2D eigenvalue weighted by Gasteiger charge is -2.41. The maximum atomic E-state index is 12.4. The van der Waals surface area contributed by atoms with Crippen molar-refractivity contribution in [2.45, 2.75) is 71.4 Å². The van der Waals surface area contributed by atoms with E-state index in [0.717, 1.165) is 6.54 Å². The number of carbonyl (C=O) groups excluding carboxylic acids is 1. The van der Waals surface area contributed by atoms with E-state index in [2.05, 4.69) is 31.0 Å². The predicted octanol–water partition coefficient (Wildman–Crippen LogP) is 3.40. The molecule has 1 aliphatic carbocycles. The van der Waals surface area contributed by atoms with Gasteiger partial charge in [0.1, 0.15) is 0 Å². The lowest BCUT2D eigenvalue weighted by Crippen LogP contribution is -2.54. The number of amides is 2. The van der Waals surface area contributed by atoms with Gasteiger partial charge in [-0.2, -0.15) is 0 Å². The van der Waals surface area contributed by atoms with Gasteiger partial charge in [0.15, 0.2) is 0 Å². The quantitative estimate of drug-likeness (QED) is 0.762. The van der Waals surface area contributed by atoms with Crippen molar-refractivity contribution in [1.82, 2.24) is 10.2 Å². The normalized spacial score (nSPS) is 34.4. The molecule has 3 nitrogen and oxygen atoms in total. The van der Waals surface area contributed by atoms with Crippen molar-refractivity contribution < 1.29 is 4.79 Å². The first-order valence-electron chi connectivity index (χ1n) is 7.65. The minimum Gasteiger partial charge on any atom is -0.335 e. The fourth-order valence-electron chi connectivity index (χ4n) is 3.49. The van der Waals surface area contributed by atoms with Gasteiger partial charge in [0.05, 0.1) is 0 Å². The summed E-state index contributed by atoms with van der Waals surface area (Å²) in [5.41, 5.74) is 0. The number of carbonyl (C=O) groups is 1. The van der Waals surface area contributed by atoms with Crippen LogP contribution in [-0.4, -0.2) is 29.6 Å². The third kappa shape index (κ3) is 3.18. The molecule has 1 saturated carbocycles. The number of hydrogen-bond acceptors (Lipinski definition) is 1. The van der Waals surface area contributed by atoms with E-state index in [1.54, 1.807) is 0 Å². The summed E-state index contributed by atoms with van der Waals surface area (Å²) in [4.78, 5) is 14.4. The van der Waals surface area contributed by atoms with E-state index in [9.17, 15) is 4.79 Å². The maximum absolute atomic E-state index is 12.4. The average molecular weight is 252 g/mol. The fraction of sp³-hybridized carbons (Fsp3) is 0.933. The summed E-state index contributed by atoms with van der Waals surface area (Å²) < 4.78 is 0. The zero-order valence-corrected chi connectivity index (χ0v) is 12.1. The van der Waals surface area contributed by atoms with Crippen LogP contribution in [0.25, 0.3) is 0 Å². The summed E-state index contributed by atoms with van der Waals surface area (Å²) in [7, 11) is 0. The van der Waals surface area contributed by atoms with Gasteiger partial charge in [0.2, 0.25) is 0 Å². The molecule has 18 heavy (non-hydrogen) atoms. The Kier molecular flexibility index (Phi) is 4.52. The van der Waals surface area contributed by atoms with Crippen molar-refractivity contribution >= 4 is 6.03 Å². The molecule has 1 N–H and O–H groups in total. The van der Waals surface area contributed by atoms with E-state index in [4.69, 9.17) is 0 Å². The van der Waals surface area contributed by atoms with Crippen molar-refractivity contribution in [2.75, 3.05) is 6.54 Å². The third-order valence-electron chi connectivity index (χ3n) is 4.79. The first-order valence-corrected chi connectivity index (χ1v) is 7.65. The molecule has 0 radical (unpaired) electrons. The van der Waals surface area contributed by atoms with E-state index >= 15 is 0 Å². The molecule has 1 aliphatic heterocycles. The van der Waals surface area contributed by atoms with Crippen molar-refractivity contribution in [2.24, 2.45) is 11.8 Å². The lowest BCUT2D eigenvalue weighted by atomic mass is 9.86. The zero-order valence-electron chi connectivity index (χ0n) is 12.1. The van der Waals surface area contributed by atoms with E-state index in [1.165, 1.54) is 38.5 Å². The first kappa shape index (κ1) is 13.7. The average Bonchev–Trinajstić information content (AvgIpc) is 2.35. The molecule has 2 aliphatic rings. The predicted molar refractivity (Wildman–Crippen MR) is 74.5 cm³/mol. The molecule has 0 aromatic carbocycles. The van der Waals surface area contributed by atoms with Crippen LogP contribution in [0.4, 0.5) is 4.79 Å². The summed E-state index contributed by atoms with van der Waals surface area (Å²) in [6.45, 7) is 7.63. The second-order valence-corrected chi connectivity index (χ2v) is 6.50. The molecule has 1 heterocycles. The molecule has 0 aromatic rings. The van der Waals surface area contributed by atoms with Crippen LogP contribution in [0.3, 0.4) is 0 Å². The molecule has 3 unspecified atom stereocenters. The largest absolute Gasteiger partial charge is 0.335 e. The number of rotatable bonds is 1.